The van der Waals surface area contributed by atoms with E-state index in [1.54, 1.807) is 25.5 Å². The molecule has 0 spiro atoms. The first-order chi connectivity index (χ1) is 21.4. The molecule has 0 saturated heterocycles. The van der Waals surface area contributed by atoms with Gasteiger partial charge in [-0.2, -0.15) is 10.2 Å². The molecule has 1 unspecified atom stereocenters. The number of anilines is 1. The molecule has 44 heavy (non-hydrogen) atoms. The fourth-order valence-electron chi connectivity index (χ4n) is 6.29. The van der Waals surface area contributed by atoms with Gasteiger partial charge in [-0.1, -0.05) is 24.3 Å². The Bertz CT molecular complexity index is 1850. The molecular formula is C34H34N8O2. The molecule has 1 fully saturated rings. The molecule has 2 aliphatic rings. The lowest BCUT2D eigenvalue weighted by molar-refractivity contribution is -0.118. The van der Waals surface area contributed by atoms with E-state index >= 15 is 0 Å². The van der Waals surface area contributed by atoms with Crippen LogP contribution in [0.3, 0.4) is 0 Å². The van der Waals surface area contributed by atoms with E-state index in [-0.39, 0.29) is 17.7 Å². The number of carbonyl (C=O) groups excluding carboxylic acids is 2. The average molecular weight is 587 g/mol. The third-order valence-corrected chi connectivity index (χ3v) is 8.79. The Morgan fingerprint density at radius 3 is 2.41 bits per heavy atom. The van der Waals surface area contributed by atoms with E-state index in [1.807, 2.05) is 55.3 Å². The van der Waals surface area contributed by atoms with Crippen LogP contribution in [0.15, 0.2) is 73.3 Å². The smallest absolute Gasteiger partial charge is 0.270 e. The summed E-state index contributed by atoms with van der Waals surface area (Å²) in [5.74, 6) is -0.344. The predicted molar refractivity (Wildman–Crippen MR) is 167 cm³/mol. The fraction of sp³-hybridized carbons (Fsp3) is 0.294. The molecule has 3 heterocycles. The van der Waals surface area contributed by atoms with E-state index < -0.39 is 6.04 Å². The summed E-state index contributed by atoms with van der Waals surface area (Å²) in [7, 11) is 3.62. The maximum absolute atomic E-state index is 14.0. The van der Waals surface area contributed by atoms with Crippen LogP contribution in [0.2, 0.25) is 0 Å². The number of carbonyl (C=O) groups is 2. The van der Waals surface area contributed by atoms with Crippen molar-refractivity contribution in [2.75, 3.05) is 5.32 Å². The van der Waals surface area contributed by atoms with E-state index in [9.17, 15) is 9.59 Å². The number of nitrogens with one attached hydrogen (secondary N) is 2. The standard InChI is InChI=1S/C34H34N8O2/c1-20-17-37-42(3)32(20)23-8-11-25(12-9-23)38-34(44)31(40-33(43)30-14-15-36-41(30)2)26-13-10-21-4-7-24(16-27(21)26)29-19-35-18-28(39-29)22-5-6-22/h4,7-9,11-12,14-19,22,26,31H,5-6,10,13H2,1-3H3,(H,38,44)(H,40,43)/t26-,31?/m1/s1. The molecule has 2 aromatic carbocycles. The predicted octanol–water partition coefficient (Wildman–Crippen LogP) is 4.93. The first-order valence-electron chi connectivity index (χ1n) is 15.0. The van der Waals surface area contributed by atoms with Crippen LogP contribution < -0.4 is 10.6 Å². The third kappa shape index (κ3) is 5.27. The van der Waals surface area contributed by atoms with E-state index in [2.05, 4.69) is 44.0 Å². The molecule has 2 amide bonds. The van der Waals surface area contributed by atoms with Gasteiger partial charge in [0.2, 0.25) is 5.91 Å². The highest BCUT2D eigenvalue weighted by atomic mass is 16.2. The number of amides is 2. The quantitative estimate of drug-likeness (QED) is 0.266. The second-order valence-electron chi connectivity index (χ2n) is 11.8. The number of hydrogen-bond donors (Lipinski definition) is 2. The average Bonchev–Trinajstić information content (AvgIpc) is 3.53. The van der Waals surface area contributed by atoms with Crippen molar-refractivity contribution in [3.8, 4) is 22.5 Å². The Morgan fingerprint density at radius 2 is 1.70 bits per heavy atom. The second kappa shape index (κ2) is 11.2. The Kier molecular flexibility index (Phi) is 7.04. The number of benzene rings is 2. The molecule has 2 aliphatic carbocycles. The van der Waals surface area contributed by atoms with Crippen molar-refractivity contribution >= 4 is 17.5 Å². The number of rotatable bonds is 8. The largest absolute Gasteiger partial charge is 0.338 e. The van der Waals surface area contributed by atoms with Crippen LogP contribution >= 0.6 is 0 Å². The lowest BCUT2D eigenvalue weighted by Crippen LogP contribution is -2.47. The van der Waals surface area contributed by atoms with Crippen molar-refractivity contribution in [1.29, 1.82) is 0 Å². The zero-order valence-corrected chi connectivity index (χ0v) is 25.0. The molecule has 2 N–H and O–H groups in total. The first-order valence-corrected chi connectivity index (χ1v) is 15.0. The molecule has 10 heteroatoms. The monoisotopic (exact) mass is 586 g/mol. The van der Waals surface area contributed by atoms with Crippen molar-refractivity contribution in [3.05, 3.63) is 101 Å². The van der Waals surface area contributed by atoms with Crippen molar-refractivity contribution in [2.45, 2.75) is 50.5 Å². The van der Waals surface area contributed by atoms with Gasteiger partial charge >= 0.3 is 0 Å². The Morgan fingerprint density at radius 1 is 0.909 bits per heavy atom. The van der Waals surface area contributed by atoms with E-state index in [0.29, 0.717) is 17.3 Å². The Hall–Kier alpha value is -5.12. The van der Waals surface area contributed by atoms with Gasteiger partial charge in [-0.25, -0.2) is 4.98 Å². The number of hydrogen-bond acceptors (Lipinski definition) is 6. The summed E-state index contributed by atoms with van der Waals surface area (Å²) in [5, 5.41) is 14.6. The maximum atomic E-state index is 14.0. The number of aryl methyl sites for hydroxylation is 4. The zero-order valence-electron chi connectivity index (χ0n) is 25.0. The molecular weight excluding hydrogens is 552 g/mol. The van der Waals surface area contributed by atoms with Crippen molar-refractivity contribution in [1.82, 2.24) is 34.8 Å². The van der Waals surface area contributed by atoms with Crippen LogP contribution in [0.4, 0.5) is 5.69 Å². The van der Waals surface area contributed by atoms with Crippen LogP contribution in [0.25, 0.3) is 22.5 Å². The summed E-state index contributed by atoms with van der Waals surface area (Å²) >= 11 is 0. The molecule has 0 radical (unpaired) electrons. The van der Waals surface area contributed by atoms with Crippen LogP contribution in [0, 0.1) is 6.92 Å². The van der Waals surface area contributed by atoms with E-state index in [0.717, 1.165) is 65.0 Å². The van der Waals surface area contributed by atoms with Gasteiger partial charge in [-0.15, -0.1) is 0 Å². The fourth-order valence-corrected chi connectivity index (χ4v) is 6.29. The summed E-state index contributed by atoms with van der Waals surface area (Å²) in [6.45, 7) is 2.02. The van der Waals surface area contributed by atoms with Crippen LogP contribution in [0.1, 0.15) is 64.0 Å². The highest BCUT2D eigenvalue weighted by Gasteiger charge is 2.36. The van der Waals surface area contributed by atoms with Crippen LogP contribution in [-0.4, -0.2) is 47.4 Å². The SMILES string of the molecule is Cc1cnn(C)c1-c1ccc(NC(=O)C(NC(=O)c2ccnn2C)[C@@H]2CCc3ccc(-c4cncc(C5CC5)n4)cc32)cc1. The minimum atomic E-state index is -0.809. The number of aromatic nitrogens is 6. The molecule has 222 valence electrons. The number of nitrogens with zero attached hydrogens (tertiary/aromatic N) is 6. The van der Waals surface area contributed by atoms with Gasteiger partial charge in [0.05, 0.1) is 29.5 Å². The molecule has 2 atom stereocenters. The number of fused-ring (bicyclic) bond motifs is 1. The zero-order chi connectivity index (χ0) is 30.4. The van der Waals surface area contributed by atoms with Crippen LogP contribution in [-0.2, 0) is 25.3 Å². The topological polar surface area (TPSA) is 120 Å². The third-order valence-electron chi connectivity index (χ3n) is 8.79. The molecule has 3 aromatic heterocycles. The highest BCUT2D eigenvalue weighted by Crippen LogP contribution is 2.41. The summed E-state index contributed by atoms with van der Waals surface area (Å²) in [4.78, 5) is 36.8. The van der Waals surface area contributed by atoms with Crippen LogP contribution in [0.5, 0.6) is 0 Å². The van der Waals surface area contributed by atoms with Crippen molar-refractivity contribution < 1.29 is 9.59 Å². The summed E-state index contributed by atoms with van der Waals surface area (Å²) in [6, 6.07) is 14.9. The minimum absolute atomic E-state index is 0.224. The minimum Gasteiger partial charge on any atom is -0.338 e. The van der Waals surface area contributed by atoms with Gasteiger partial charge in [-0.3, -0.25) is 23.9 Å². The molecule has 7 rings (SSSR count). The van der Waals surface area contributed by atoms with E-state index in [1.165, 1.54) is 10.2 Å². The van der Waals surface area contributed by atoms with Gasteiger partial charge in [0.15, 0.2) is 0 Å². The Balaban J connectivity index is 1.19. The first kappa shape index (κ1) is 27.7. The second-order valence-corrected chi connectivity index (χ2v) is 11.8. The molecule has 0 bridgehead atoms. The Labute approximate surface area is 255 Å². The highest BCUT2D eigenvalue weighted by molar-refractivity contribution is 6.01. The molecule has 1 saturated carbocycles. The molecule has 0 aliphatic heterocycles. The summed E-state index contributed by atoms with van der Waals surface area (Å²) < 4.78 is 3.35. The van der Waals surface area contributed by atoms with Gasteiger partial charge in [0, 0.05) is 55.1 Å². The molecule has 5 aromatic rings. The van der Waals surface area contributed by atoms with Gasteiger partial charge < -0.3 is 10.6 Å². The maximum Gasteiger partial charge on any atom is 0.270 e. The van der Waals surface area contributed by atoms with Crippen molar-refractivity contribution in [3.63, 3.8) is 0 Å². The van der Waals surface area contributed by atoms with Crippen molar-refractivity contribution in [2.24, 2.45) is 14.1 Å². The van der Waals surface area contributed by atoms with Gasteiger partial charge in [0.1, 0.15) is 11.7 Å². The molecule has 10 nitrogen and oxygen atoms in total. The van der Waals surface area contributed by atoms with Gasteiger partial charge in [-0.05, 0) is 73.6 Å². The van der Waals surface area contributed by atoms with Gasteiger partial charge in [0.25, 0.3) is 5.91 Å². The normalized spacial score (nSPS) is 16.4. The lowest BCUT2D eigenvalue weighted by atomic mass is 9.90. The summed E-state index contributed by atoms with van der Waals surface area (Å²) in [6.07, 6.45) is 10.9. The lowest BCUT2D eigenvalue weighted by Gasteiger charge is -2.25. The summed E-state index contributed by atoms with van der Waals surface area (Å²) in [5.41, 5.74) is 9.19. The van der Waals surface area contributed by atoms with E-state index in [4.69, 9.17) is 4.98 Å².